The van der Waals surface area contributed by atoms with Gasteiger partial charge in [0, 0.05) is 18.2 Å². The smallest absolute Gasteiger partial charge is 0.227 e. The molecule has 1 aromatic rings. The number of hydrogen-bond acceptors (Lipinski definition) is 1. The Balaban J connectivity index is 2.13. The van der Waals surface area contributed by atoms with E-state index in [1.807, 2.05) is 17.0 Å². The molecule has 1 fully saturated rings. The number of hydrogen-bond donors (Lipinski definition) is 0. The van der Waals surface area contributed by atoms with E-state index >= 15 is 0 Å². The Labute approximate surface area is 77.2 Å². The minimum absolute atomic E-state index is 0.301. The number of nitrogens with zero attached hydrogens (tertiary/aromatic N) is 1. The van der Waals surface area contributed by atoms with E-state index in [9.17, 15) is 4.79 Å². The number of amides is 1. The summed E-state index contributed by atoms with van der Waals surface area (Å²) in [5, 5.41) is 0. The van der Waals surface area contributed by atoms with Gasteiger partial charge in [-0.15, -0.1) is 0 Å². The lowest BCUT2D eigenvalue weighted by molar-refractivity contribution is -0.117. The molecule has 0 N–H and O–H groups in total. The lowest BCUT2D eigenvalue weighted by Gasteiger charge is -2.15. The van der Waals surface area contributed by atoms with Crippen LogP contribution in [0, 0.1) is 0 Å². The highest BCUT2D eigenvalue weighted by atomic mass is 16.2. The Bertz CT molecular complexity index is 372. The number of carbonyl (C=O) groups excluding carboxylic acids is 1. The second-order valence-corrected chi connectivity index (χ2v) is 3.79. The summed E-state index contributed by atoms with van der Waals surface area (Å²) in [6.45, 7) is 0. The number of para-hydroxylation sites is 1. The van der Waals surface area contributed by atoms with Crippen LogP contribution in [-0.4, -0.2) is 11.9 Å². The first-order valence-electron chi connectivity index (χ1n) is 4.76. The highest BCUT2D eigenvalue weighted by Gasteiger charge is 2.38. The Kier molecular flexibility index (Phi) is 1.29. The highest BCUT2D eigenvalue weighted by Crippen LogP contribution is 2.37. The Morgan fingerprint density at radius 3 is 3.08 bits per heavy atom. The summed E-state index contributed by atoms with van der Waals surface area (Å²) >= 11 is 0. The molecule has 0 radical (unpaired) electrons. The van der Waals surface area contributed by atoms with Gasteiger partial charge in [0.15, 0.2) is 0 Å². The molecule has 2 aliphatic rings. The fraction of sp³-hybridized carbons (Fsp3) is 0.364. The molecular weight excluding hydrogens is 162 g/mol. The van der Waals surface area contributed by atoms with E-state index in [1.165, 1.54) is 5.56 Å². The third kappa shape index (κ3) is 0.857. The minimum atomic E-state index is 0.301. The first-order chi connectivity index (χ1) is 6.36. The van der Waals surface area contributed by atoms with E-state index in [0.29, 0.717) is 11.9 Å². The van der Waals surface area contributed by atoms with Crippen LogP contribution in [0.25, 0.3) is 0 Å². The van der Waals surface area contributed by atoms with Gasteiger partial charge in [-0.3, -0.25) is 4.79 Å². The first-order valence-corrected chi connectivity index (χ1v) is 4.76. The average Bonchev–Trinajstić information content (AvgIpc) is 2.66. The van der Waals surface area contributed by atoms with Crippen molar-refractivity contribution in [1.82, 2.24) is 0 Å². The second-order valence-electron chi connectivity index (χ2n) is 3.79. The lowest BCUT2D eigenvalue weighted by atomic mass is 10.1. The van der Waals surface area contributed by atoms with Crippen molar-refractivity contribution < 1.29 is 4.79 Å². The zero-order chi connectivity index (χ0) is 8.84. The number of anilines is 1. The molecule has 0 aromatic heterocycles. The van der Waals surface area contributed by atoms with Gasteiger partial charge in [0.1, 0.15) is 0 Å². The predicted octanol–water partition coefficient (Wildman–Crippen LogP) is 1.74. The molecule has 1 aromatic carbocycles. The largest absolute Gasteiger partial charge is 0.309 e. The van der Waals surface area contributed by atoms with E-state index in [-0.39, 0.29) is 0 Å². The van der Waals surface area contributed by atoms with Gasteiger partial charge < -0.3 is 4.90 Å². The molecule has 1 saturated heterocycles. The number of fused-ring (bicyclic) bond motifs is 3. The molecule has 2 aliphatic heterocycles. The van der Waals surface area contributed by atoms with E-state index in [2.05, 4.69) is 12.1 Å². The van der Waals surface area contributed by atoms with Crippen LogP contribution in [-0.2, 0) is 11.2 Å². The van der Waals surface area contributed by atoms with Crippen LogP contribution in [0.3, 0.4) is 0 Å². The maximum atomic E-state index is 11.5. The predicted molar refractivity (Wildman–Crippen MR) is 50.7 cm³/mol. The van der Waals surface area contributed by atoms with Crippen molar-refractivity contribution in [1.29, 1.82) is 0 Å². The maximum Gasteiger partial charge on any atom is 0.227 e. The molecule has 1 unspecified atom stereocenters. The molecule has 2 nitrogen and oxygen atoms in total. The van der Waals surface area contributed by atoms with Crippen molar-refractivity contribution in [3.8, 4) is 0 Å². The van der Waals surface area contributed by atoms with Crippen LogP contribution in [0.5, 0.6) is 0 Å². The van der Waals surface area contributed by atoms with Gasteiger partial charge in [0.25, 0.3) is 0 Å². The molecular formula is C11H11NO. The summed E-state index contributed by atoms with van der Waals surface area (Å²) in [7, 11) is 0. The number of carbonyl (C=O) groups is 1. The van der Waals surface area contributed by atoms with Crippen LogP contribution >= 0.6 is 0 Å². The normalized spacial score (nSPS) is 24.8. The fourth-order valence-electron chi connectivity index (χ4n) is 2.44. The standard InChI is InChI=1S/C11H11NO/c13-11-6-5-9-7-8-3-1-2-4-10(8)12(9)11/h1-4,9H,5-7H2. The van der Waals surface area contributed by atoms with Gasteiger partial charge in [-0.2, -0.15) is 0 Å². The Morgan fingerprint density at radius 1 is 1.31 bits per heavy atom. The van der Waals surface area contributed by atoms with E-state index in [0.717, 1.165) is 24.9 Å². The quantitative estimate of drug-likeness (QED) is 0.585. The van der Waals surface area contributed by atoms with Gasteiger partial charge >= 0.3 is 0 Å². The van der Waals surface area contributed by atoms with Crippen LogP contribution in [0.1, 0.15) is 18.4 Å². The summed E-state index contributed by atoms with van der Waals surface area (Å²) in [4.78, 5) is 13.5. The number of benzene rings is 1. The molecule has 3 rings (SSSR count). The van der Waals surface area contributed by atoms with Crippen LogP contribution in [0.15, 0.2) is 24.3 Å². The molecule has 0 saturated carbocycles. The minimum Gasteiger partial charge on any atom is -0.309 e. The molecule has 1 atom stereocenters. The molecule has 0 spiro atoms. The highest BCUT2D eigenvalue weighted by molar-refractivity contribution is 5.98. The number of rotatable bonds is 0. The summed E-state index contributed by atoms with van der Waals surface area (Å²) < 4.78 is 0. The van der Waals surface area contributed by atoms with Crippen LogP contribution in [0.4, 0.5) is 5.69 Å². The zero-order valence-corrected chi connectivity index (χ0v) is 7.36. The van der Waals surface area contributed by atoms with Crippen molar-refractivity contribution in [3.05, 3.63) is 29.8 Å². The topological polar surface area (TPSA) is 20.3 Å². The third-order valence-electron chi connectivity index (χ3n) is 3.03. The monoisotopic (exact) mass is 173 g/mol. The van der Waals surface area contributed by atoms with Gasteiger partial charge in [-0.05, 0) is 24.5 Å². The summed E-state index contributed by atoms with van der Waals surface area (Å²) in [6.07, 6.45) is 2.83. The maximum absolute atomic E-state index is 11.5. The lowest BCUT2D eigenvalue weighted by Crippen LogP contribution is -2.28. The fourth-order valence-corrected chi connectivity index (χ4v) is 2.44. The Hall–Kier alpha value is -1.31. The van der Waals surface area contributed by atoms with Gasteiger partial charge in [-0.25, -0.2) is 0 Å². The van der Waals surface area contributed by atoms with Crippen molar-refractivity contribution in [2.45, 2.75) is 25.3 Å². The molecule has 2 heterocycles. The summed E-state index contributed by atoms with van der Waals surface area (Å²) in [6, 6.07) is 8.70. The van der Waals surface area contributed by atoms with Crippen LogP contribution < -0.4 is 4.90 Å². The second kappa shape index (κ2) is 2.34. The van der Waals surface area contributed by atoms with E-state index in [1.54, 1.807) is 0 Å². The average molecular weight is 173 g/mol. The van der Waals surface area contributed by atoms with Crippen molar-refractivity contribution in [3.63, 3.8) is 0 Å². The molecule has 1 amide bonds. The van der Waals surface area contributed by atoms with E-state index in [4.69, 9.17) is 0 Å². The van der Waals surface area contributed by atoms with Crippen LogP contribution in [0.2, 0.25) is 0 Å². The molecule has 13 heavy (non-hydrogen) atoms. The zero-order valence-electron chi connectivity index (χ0n) is 7.36. The summed E-state index contributed by atoms with van der Waals surface area (Å²) in [5.74, 6) is 0.301. The third-order valence-corrected chi connectivity index (χ3v) is 3.03. The van der Waals surface area contributed by atoms with Crippen molar-refractivity contribution in [2.75, 3.05) is 4.90 Å². The van der Waals surface area contributed by atoms with Crippen molar-refractivity contribution >= 4 is 11.6 Å². The van der Waals surface area contributed by atoms with Gasteiger partial charge in [0.05, 0.1) is 0 Å². The van der Waals surface area contributed by atoms with Gasteiger partial charge in [0.2, 0.25) is 5.91 Å². The Morgan fingerprint density at radius 2 is 2.15 bits per heavy atom. The molecule has 2 heteroatoms. The van der Waals surface area contributed by atoms with Gasteiger partial charge in [-0.1, -0.05) is 18.2 Å². The molecule has 0 aliphatic carbocycles. The SMILES string of the molecule is O=C1CCC2Cc3ccccc3N12. The van der Waals surface area contributed by atoms with E-state index < -0.39 is 0 Å². The van der Waals surface area contributed by atoms with Crippen molar-refractivity contribution in [2.24, 2.45) is 0 Å². The first kappa shape index (κ1) is 7.13. The molecule has 0 bridgehead atoms. The summed E-state index contributed by atoms with van der Waals surface area (Å²) in [5.41, 5.74) is 2.48. The molecule has 66 valence electrons.